The van der Waals surface area contributed by atoms with Gasteiger partial charge in [-0.2, -0.15) is 13.2 Å². The largest absolute Gasteiger partial charge is 0.471 e. The second-order valence-electron chi connectivity index (χ2n) is 18.0. The summed E-state index contributed by atoms with van der Waals surface area (Å²) < 4.78 is 102. The molecular formula is C58H58F3NO11S2. The minimum Gasteiger partial charge on any atom is -0.454 e. The van der Waals surface area contributed by atoms with E-state index in [0.29, 0.717) is 28.4 Å². The molecule has 12 nitrogen and oxygen atoms in total. The zero-order valence-electron chi connectivity index (χ0n) is 41.0. The molecule has 3 saturated heterocycles. The number of fused-ring (bicyclic) bond motifs is 1. The van der Waals surface area contributed by atoms with Crippen LogP contribution in [0.15, 0.2) is 181 Å². The normalized spacial score (nSPS) is 25.7. The van der Waals surface area contributed by atoms with Gasteiger partial charge in [0, 0.05) is 10.5 Å². The molecule has 0 spiro atoms. The minimum atomic E-state index is -5.28. The predicted molar refractivity (Wildman–Crippen MR) is 276 cm³/mol. The fourth-order valence-corrected chi connectivity index (χ4v) is 11.2. The van der Waals surface area contributed by atoms with Gasteiger partial charge in [-0.1, -0.05) is 176 Å². The number of ether oxygens (including phenoxy) is 9. The number of thioether (sulfide) groups is 2. The smallest absolute Gasteiger partial charge is 0.454 e. The first kappa shape index (κ1) is 54.2. The number of amides is 1. The van der Waals surface area contributed by atoms with Gasteiger partial charge in [0.05, 0.1) is 45.2 Å². The zero-order valence-corrected chi connectivity index (χ0v) is 42.6. The molecule has 0 aromatic heterocycles. The van der Waals surface area contributed by atoms with Gasteiger partial charge in [-0.3, -0.25) is 4.79 Å². The summed E-state index contributed by atoms with van der Waals surface area (Å²) in [6, 6.07) is 52.3. The van der Waals surface area contributed by atoms with Crippen LogP contribution in [0.4, 0.5) is 13.2 Å². The maximum absolute atomic E-state index is 14.9. The van der Waals surface area contributed by atoms with Crippen LogP contribution < -0.4 is 5.32 Å². The Kier molecular flexibility index (Phi) is 19.1. The van der Waals surface area contributed by atoms with Crippen molar-refractivity contribution in [3.05, 3.63) is 209 Å². The van der Waals surface area contributed by atoms with E-state index >= 15 is 0 Å². The fraction of sp³-hybridized carbons (Fsp3) is 0.345. The van der Waals surface area contributed by atoms with Crippen molar-refractivity contribution in [2.24, 2.45) is 0 Å². The first-order valence-electron chi connectivity index (χ1n) is 24.8. The molecule has 75 heavy (non-hydrogen) atoms. The molecule has 0 unspecified atom stereocenters. The Morgan fingerprint density at radius 2 is 1.17 bits per heavy atom. The van der Waals surface area contributed by atoms with E-state index in [2.05, 4.69) is 5.32 Å². The first-order chi connectivity index (χ1) is 36.6. The van der Waals surface area contributed by atoms with Gasteiger partial charge in [0.2, 0.25) is 0 Å². The van der Waals surface area contributed by atoms with E-state index in [1.807, 2.05) is 104 Å². The molecule has 9 rings (SSSR count). The molecule has 0 saturated carbocycles. The molecule has 0 aliphatic carbocycles. The summed E-state index contributed by atoms with van der Waals surface area (Å²) in [5, 5.41) is 2.12. The van der Waals surface area contributed by atoms with Gasteiger partial charge in [-0.25, -0.2) is 4.79 Å². The molecule has 3 aliphatic heterocycles. The van der Waals surface area contributed by atoms with Crippen LogP contribution in [-0.2, 0) is 73.9 Å². The zero-order chi connectivity index (χ0) is 52.0. The molecule has 0 bridgehead atoms. The van der Waals surface area contributed by atoms with Crippen molar-refractivity contribution in [2.75, 3.05) is 19.0 Å². The number of alkyl halides is 3. The number of hydrogen-bond acceptors (Lipinski definition) is 13. The summed E-state index contributed by atoms with van der Waals surface area (Å²) in [5.41, 5.74) is 2.21. The molecule has 6 aromatic carbocycles. The average molecular weight is 1070 g/mol. The number of nitrogens with one attached hydrogen (secondary N) is 1. The average Bonchev–Trinajstić information content (AvgIpc) is 3.43. The van der Waals surface area contributed by atoms with Crippen molar-refractivity contribution < 1.29 is 65.4 Å². The predicted octanol–water partition coefficient (Wildman–Crippen LogP) is 10.6. The lowest BCUT2D eigenvalue weighted by Crippen LogP contribution is -2.67. The highest BCUT2D eigenvalue weighted by molar-refractivity contribution is 8.00. The lowest BCUT2D eigenvalue weighted by atomic mass is 9.96. The number of hydrogen-bond donors (Lipinski definition) is 1. The topological polar surface area (TPSA) is 129 Å². The van der Waals surface area contributed by atoms with Crippen molar-refractivity contribution in [2.45, 2.75) is 110 Å². The van der Waals surface area contributed by atoms with Crippen molar-refractivity contribution in [1.82, 2.24) is 5.32 Å². The maximum Gasteiger partial charge on any atom is 0.471 e. The quantitative estimate of drug-likeness (QED) is 0.0687. The second-order valence-corrected chi connectivity index (χ2v) is 20.5. The molecule has 0 radical (unpaired) electrons. The second kappa shape index (κ2) is 26.5. The van der Waals surface area contributed by atoms with Crippen molar-refractivity contribution in [3.8, 4) is 0 Å². The molecule has 3 fully saturated rings. The van der Waals surface area contributed by atoms with Gasteiger partial charge in [-0.15, -0.1) is 11.8 Å². The van der Waals surface area contributed by atoms with Crippen LogP contribution in [0, 0.1) is 0 Å². The minimum absolute atomic E-state index is 0.0571. The van der Waals surface area contributed by atoms with Gasteiger partial charge < -0.3 is 47.9 Å². The number of carbonyl (C=O) groups is 2. The van der Waals surface area contributed by atoms with Gasteiger partial charge in [0.1, 0.15) is 53.5 Å². The summed E-state index contributed by atoms with van der Waals surface area (Å²) >= 11 is 2.61. The molecule has 1 N–H and O–H groups in total. The van der Waals surface area contributed by atoms with Crippen molar-refractivity contribution in [3.63, 3.8) is 0 Å². The number of carbonyl (C=O) groups excluding carboxylic acids is 2. The van der Waals surface area contributed by atoms with E-state index < -0.39 is 84.0 Å². The first-order valence-corrected chi connectivity index (χ1v) is 26.7. The number of benzene rings is 6. The van der Waals surface area contributed by atoms with Gasteiger partial charge in [0.15, 0.2) is 12.4 Å². The van der Waals surface area contributed by atoms with Crippen LogP contribution in [0.3, 0.4) is 0 Å². The van der Waals surface area contributed by atoms with E-state index in [0.717, 1.165) is 28.5 Å². The Morgan fingerprint density at radius 1 is 0.613 bits per heavy atom. The molecule has 394 valence electrons. The molecule has 17 heteroatoms. The van der Waals surface area contributed by atoms with Crippen molar-refractivity contribution >= 4 is 35.4 Å². The Balaban J connectivity index is 1.01. The van der Waals surface area contributed by atoms with Crippen LogP contribution in [0.2, 0.25) is 0 Å². The van der Waals surface area contributed by atoms with E-state index in [-0.39, 0.29) is 38.6 Å². The van der Waals surface area contributed by atoms with Crippen LogP contribution in [0.1, 0.15) is 51.4 Å². The summed E-state index contributed by atoms with van der Waals surface area (Å²) in [7, 11) is 0. The monoisotopic (exact) mass is 1070 g/mol. The third kappa shape index (κ3) is 14.5. The van der Waals surface area contributed by atoms with Gasteiger partial charge >= 0.3 is 18.1 Å². The van der Waals surface area contributed by atoms with E-state index in [1.165, 1.54) is 11.8 Å². The number of esters is 1. The lowest BCUT2D eigenvalue weighted by molar-refractivity contribution is -0.306. The maximum atomic E-state index is 14.9. The Bertz CT molecular complexity index is 2700. The van der Waals surface area contributed by atoms with Crippen molar-refractivity contribution in [1.29, 1.82) is 0 Å². The van der Waals surface area contributed by atoms with Gasteiger partial charge in [0.25, 0.3) is 0 Å². The summed E-state index contributed by atoms with van der Waals surface area (Å²) in [4.78, 5) is 28.4. The Labute approximate surface area is 442 Å². The summed E-state index contributed by atoms with van der Waals surface area (Å²) in [6.07, 6.45) is -12.7. The Hall–Kier alpha value is -5.57. The van der Waals surface area contributed by atoms with Crippen LogP contribution in [0.5, 0.6) is 0 Å². The van der Waals surface area contributed by atoms with E-state index in [1.54, 1.807) is 78.9 Å². The third-order valence-corrected chi connectivity index (χ3v) is 15.0. The van der Waals surface area contributed by atoms with E-state index in [9.17, 15) is 22.8 Å². The highest BCUT2D eigenvalue weighted by Gasteiger charge is 2.55. The summed E-state index contributed by atoms with van der Waals surface area (Å²) in [5.74, 6) is -2.46. The van der Waals surface area contributed by atoms with Gasteiger partial charge in [-0.05, 0) is 46.2 Å². The molecule has 11 atom stereocenters. The lowest BCUT2D eigenvalue weighted by Gasteiger charge is -2.49. The van der Waals surface area contributed by atoms with Crippen LogP contribution in [0.25, 0.3) is 0 Å². The third-order valence-electron chi connectivity index (χ3n) is 12.8. The summed E-state index contributed by atoms with van der Waals surface area (Å²) in [6.45, 7) is 2.82. The standard InChI is InChI=1S/C58H58F3NO11S2/c1-2-74-56-52(51(67-34-40-24-12-5-13-25-40)48(66-33-39-22-10-4-11-23-39)45(71-56)36-65-32-38-20-8-3-9-21-38)68-35-42-28-18-19-31-44(42)53(63)72-50-47(62-57(64)58(59,60)61)55(75-43-29-16-7-17-30-43)70-46-37-69-54(73-49(46)50)41-26-14-6-15-27-41/h3-31,45-52,54-56H,2,32-37H2,1H3,(H,62,64)/t45-,46-,47-,48-,49-,50-,51+,52-,54-,55+,56+/m1/s1. The molecule has 3 heterocycles. The highest BCUT2D eigenvalue weighted by Crippen LogP contribution is 2.41. The molecular weight excluding hydrogens is 1010 g/mol. The number of rotatable bonds is 21. The fourth-order valence-electron chi connectivity index (χ4n) is 9.11. The molecule has 6 aromatic rings. The molecule has 3 aliphatic rings. The van der Waals surface area contributed by atoms with Crippen LogP contribution >= 0.6 is 23.5 Å². The van der Waals surface area contributed by atoms with E-state index in [4.69, 9.17) is 42.6 Å². The Morgan fingerprint density at radius 3 is 1.80 bits per heavy atom. The number of halogens is 3. The highest BCUT2D eigenvalue weighted by atomic mass is 32.2. The van der Waals surface area contributed by atoms with Crippen LogP contribution in [-0.4, -0.2) is 96.7 Å². The SMILES string of the molecule is CCS[C@@H]1O[C@H](COCc2ccccc2)[C@@H](OCc2ccccc2)[C@H](OCc2ccccc2)[C@H]1OCc1ccccc1C(=O)O[C@@H]1[C@@H](NC(=O)C(F)(F)F)[C@H](Sc2ccccc2)O[C@@H]2CO[C@@H](c3ccccc3)O[C@@H]12. The molecule has 1 amide bonds.